The van der Waals surface area contributed by atoms with E-state index in [1.165, 1.54) is 0 Å². The van der Waals surface area contributed by atoms with Crippen LogP contribution >= 0.6 is 0 Å². The number of rotatable bonds is 19. The second kappa shape index (κ2) is 13.7. The monoisotopic (exact) mass is 873 g/mol. The smallest absolute Gasteiger partial charge is 0.386 e. The van der Waals surface area contributed by atoms with E-state index in [0.717, 1.165) is 14.1 Å². The number of quaternary nitrogens is 1. The van der Waals surface area contributed by atoms with Crippen LogP contribution in [0.4, 0.5) is 101 Å². The van der Waals surface area contributed by atoms with Crippen molar-refractivity contribution in [2.45, 2.75) is 77.3 Å². The van der Waals surface area contributed by atoms with Crippen molar-refractivity contribution in [3.63, 3.8) is 0 Å². The summed E-state index contributed by atoms with van der Waals surface area (Å²) in [5.41, 5.74) is 0. The fourth-order valence-electron chi connectivity index (χ4n) is 3.67. The van der Waals surface area contributed by atoms with Gasteiger partial charge in [0.15, 0.2) is 0 Å². The minimum Gasteiger partial charge on any atom is -0.386 e. The lowest BCUT2D eigenvalue weighted by Gasteiger charge is -2.45. The molecule has 0 bridgehead atoms. The van der Waals surface area contributed by atoms with Gasteiger partial charge in [-0.05, 0) is 0 Å². The first kappa shape index (κ1) is 50.1. The lowest BCUT2D eigenvalue weighted by molar-refractivity contribution is -0.893. The largest absolute Gasteiger partial charge is 0.460 e. The summed E-state index contributed by atoms with van der Waals surface area (Å²) in [7, 11) is -10.5. The molecule has 0 aromatic rings. The molecule has 0 aliphatic carbocycles. The van der Waals surface area contributed by atoms with Gasteiger partial charge in [0, 0.05) is 13.0 Å². The van der Waals surface area contributed by atoms with E-state index in [1.807, 2.05) is 0 Å². The topological polar surface area (TPSA) is 121 Å². The predicted molar refractivity (Wildman–Crippen MR) is 121 cm³/mol. The molecule has 0 saturated carbocycles. The second-order valence-electron chi connectivity index (χ2n) is 11.2. The molecule has 0 fully saturated rings. The fourth-order valence-corrected chi connectivity index (χ4v) is 5.32. The molecule has 33 heteroatoms. The van der Waals surface area contributed by atoms with Crippen molar-refractivity contribution in [2.75, 3.05) is 39.5 Å². The van der Waals surface area contributed by atoms with Crippen LogP contribution in [-0.4, -0.2) is 141 Å². The Hall–Kier alpha value is -1.87. The van der Waals surface area contributed by atoms with Gasteiger partial charge in [0.05, 0.1) is 20.6 Å². The molecule has 8 nitrogen and oxygen atoms in total. The van der Waals surface area contributed by atoms with Crippen LogP contribution in [0.3, 0.4) is 0 Å². The molecule has 0 amide bonds. The second-order valence-corrected chi connectivity index (χ2v) is 14.5. The average molecular weight is 873 g/mol. The first-order chi connectivity index (χ1) is 22.1. The predicted octanol–water partition coefficient (Wildman–Crippen LogP) is 5.49. The number of aliphatic hydroxyl groups excluding tert-OH is 1. The van der Waals surface area contributed by atoms with Crippen LogP contribution in [-0.2, 0) is 20.1 Å². The van der Waals surface area contributed by atoms with Crippen LogP contribution < -0.4 is 4.72 Å². The zero-order valence-corrected chi connectivity index (χ0v) is 26.2. The molecule has 0 heterocycles. The maximum Gasteiger partial charge on any atom is 0.460 e. The summed E-state index contributed by atoms with van der Waals surface area (Å²) < 4.78 is 364. The van der Waals surface area contributed by atoms with E-state index in [2.05, 4.69) is 0 Å². The van der Waals surface area contributed by atoms with Crippen molar-refractivity contribution >= 4 is 20.1 Å². The SMILES string of the molecule is C[N+](C)(CCCNS(=O)(=O)C(F)(F)C(F)(F)C(F)(F)C(F)(F)C(F)(F)C(F)(F)C(F)(F)C(F)(F)C(F)(F)C(F)(F)C(F)(F)F)CC(O)CS(=O)(=O)O. The summed E-state index contributed by atoms with van der Waals surface area (Å²) in [6, 6.07) is 0. The molecule has 0 aromatic carbocycles. The molecule has 0 rings (SSSR count). The van der Waals surface area contributed by atoms with Gasteiger partial charge in [-0.25, -0.2) is 13.1 Å². The molecule has 0 aromatic heterocycles. The van der Waals surface area contributed by atoms with Gasteiger partial charge in [-0.2, -0.15) is 109 Å². The molecule has 0 aliphatic rings. The van der Waals surface area contributed by atoms with Gasteiger partial charge in [0.2, 0.25) is 0 Å². The zero-order valence-electron chi connectivity index (χ0n) is 24.6. The number of sulfonamides is 1. The number of halogens is 23. The van der Waals surface area contributed by atoms with E-state index in [1.54, 1.807) is 0 Å². The summed E-state index contributed by atoms with van der Waals surface area (Å²) in [6.07, 6.45) is -11.1. The molecular weight excluding hydrogens is 853 g/mol. The minimum absolute atomic E-state index is 0.304. The number of nitrogens with zero attached hydrogens (tertiary/aromatic N) is 1. The van der Waals surface area contributed by atoms with Gasteiger partial charge in [-0.15, -0.1) is 0 Å². The lowest BCUT2D eigenvalue weighted by Crippen LogP contribution is -2.78. The van der Waals surface area contributed by atoms with Crippen LogP contribution in [0.1, 0.15) is 6.42 Å². The molecular formula is C19H20F23N2O6S2+. The third kappa shape index (κ3) is 7.93. The third-order valence-electron chi connectivity index (χ3n) is 6.55. The number of nitrogens with one attached hydrogen (secondary N) is 1. The van der Waals surface area contributed by atoms with Gasteiger partial charge in [-0.1, -0.05) is 0 Å². The lowest BCUT2D eigenvalue weighted by atomic mass is 9.86. The molecule has 52 heavy (non-hydrogen) atoms. The molecule has 0 spiro atoms. The van der Waals surface area contributed by atoms with Crippen molar-refractivity contribution in [2.24, 2.45) is 0 Å². The molecule has 0 saturated heterocycles. The summed E-state index contributed by atoms with van der Waals surface area (Å²) in [5.74, 6) is -84.8. The van der Waals surface area contributed by atoms with Crippen molar-refractivity contribution in [3.8, 4) is 0 Å². The summed E-state index contributed by atoms with van der Waals surface area (Å²) in [5, 5.41) is 1.59. The summed E-state index contributed by atoms with van der Waals surface area (Å²) in [6.45, 7) is -3.07. The number of hydrogen-bond acceptors (Lipinski definition) is 5. The van der Waals surface area contributed by atoms with Crippen molar-refractivity contribution < 1.29 is 132 Å². The highest BCUT2D eigenvalue weighted by Crippen LogP contribution is 2.67. The van der Waals surface area contributed by atoms with E-state index in [-0.39, 0.29) is 0 Å². The Bertz CT molecular complexity index is 1500. The number of aliphatic hydroxyl groups is 1. The van der Waals surface area contributed by atoms with Gasteiger partial charge in [0.1, 0.15) is 18.4 Å². The zero-order chi connectivity index (χ0) is 42.8. The summed E-state index contributed by atoms with van der Waals surface area (Å²) >= 11 is 0. The van der Waals surface area contributed by atoms with Crippen LogP contribution in [0.2, 0.25) is 0 Å². The van der Waals surface area contributed by atoms with Gasteiger partial charge < -0.3 is 9.59 Å². The Morgan fingerprint density at radius 1 is 0.538 bits per heavy atom. The molecule has 3 N–H and O–H groups in total. The van der Waals surface area contributed by atoms with E-state index in [4.69, 9.17) is 4.55 Å². The van der Waals surface area contributed by atoms with Crippen LogP contribution in [0.25, 0.3) is 0 Å². The fraction of sp³-hybridized carbons (Fsp3) is 1.00. The average Bonchev–Trinajstić information content (AvgIpc) is 2.87. The normalized spacial score (nSPS) is 17.1. The molecule has 314 valence electrons. The van der Waals surface area contributed by atoms with E-state index in [9.17, 15) is 123 Å². The molecule has 0 radical (unpaired) electrons. The van der Waals surface area contributed by atoms with Gasteiger partial charge in [-0.3, -0.25) is 4.55 Å². The van der Waals surface area contributed by atoms with E-state index >= 15 is 0 Å². The highest BCUT2D eigenvalue weighted by atomic mass is 32.2. The molecule has 1 unspecified atom stereocenters. The van der Waals surface area contributed by atoms with E-state index in [0.29, 0.717) is 4.72 Å². The first-order valence-electron chi connectivity index (χ1n) is 12.3. The van der Waals surface area contributed by atoms with Crippen LogP contribution in [0.15, 0.2) is 0 Å². The Balaban J connectivity index is 6.72. The van der Waals surface area contributed by atoms with Crippen LogP contribution in [0, 0.1) is 0 Å². The van der Waals surface area contributed by atoms with Crippen molar-refractivity contribution in [1.29, 1.82) is 0 Å². The first-order valence-corrected chi connectivity index (χ1v) is 15.4. The Kier molecular flexibility index (Phi) is 13.2. The number of hydrogen-bond donors (Lipinski definition) is 3. The van der Waals surface area contributed by atoms with Crippen molar-refractivity contribution in [3.05, 3.63) is 0 Å². The van der Waals surface area contributed by atoms with Crippen molar-refractivity contribution in [1.82, 2.24) is 4.72 Å². The number of alkyl halides is 23. The minimum atomic E-state index is -9.62. The highest BCUT2D eigenvalue weighted by molar-refractivity contribution is 7.90. The standard InChI is InChI=1S/C19H19F23N2O6S2/c1-44(2,6-8(45)7-51(46,47)48)5-3-4-43-52(49,50)19(41,42)17(36,37)15(32,33)13(28,29)11(24,25)9(20,21)10(22,23)12(26,27)14(30,31)16(34,35)18(38,39)40/h8,43,45H,3-7H2,1-2H3/p+1. The third-order valence-corrected chi connectivity index (χ3v) is 8.88. The van der Waals surface area contributed by atoms with Gasteiger partial charge in [0.25, 0.3) is 20.1 Å². The van der Waals surface area contributed by atoms with E-state index < -0.39 is 127 Å². The molecule has 0 aliphatic heterocycles. The quantitative estimate of drug-likeness (QED) is 0.0684. The maximum atomic E-state index is 14.2. The van der Waals surface area contributed by atoms with Crippen LogP contribution in [0.5, 0.6) is 0 Å². The highest BCUT2D eigenvalue weighted by Gasteiger charge is 2.99. The summed E-state index contributed by atoms with van der Waals surface area (Å²) in [4.78, 5) is 0. The maximum absolute atomic E-state index is 14.2. The molecule has 1 atom stereocenters. The number of likely N-dealkylation sites (N-methyl/N-ethyl adjacent to an activating group) is 1. The Labute approximate surface area is 274 Å². The van der Waals surface area contributed by atoms with Gasteiger partial charge >= 0.3 is 64.7 Å². The Morgan fingerprint density at radius 2 is 0.827 bits per heavy atom. The Morgan fingerprint density at radius 3 is 1.12 bits per heavy atom.